The molecule has 1 unspecified atom stereocenters. The van der Waals surface area contributed by atoms with Crippen molar-refractivity contribution in [2.24, 2.45) is 11.7 Å². The number of carbonyl (C=O) groups is 2. The van der Waals surface area contributed by atoms with Crippen molar-refractivity contribution in [3.8, 4) is 0 Å². The zero-order valence-electron chi connectivity index (χ0n) is 16.6. The summed E-state index contributed by atoms with van der Waals surface area (Å²) in [6.07, 6.45) is 2.14. The van der Waals surface area contributed by atoms with E-state index in [2.05, 4.69) is 41.8 Å². The van der Waals surface area contributed by atoms with E-state index in [0.717, 1.165) is 23.3 Å². The summed E-state index contributed by atoms with van der Waals surface area (Å²) < 4.78 is 0. The molecule has 0 spiro atoms. The topological polar surface area (TPSA) is 84.2 Å². The molecule has 1 aromatic heterocycles. The third kappa shape index (κ3) is 6.93. The summed E-state index contributed by atoms with van der Waals surface area (Å²) in [6, 6.07) is 11.5. The van der Waals surface area contributed by atoms with Gasteiger partial charge in [0.15, 0.2) is 0 Å². The molecule has 0 fully saturated rings. The van der Waals surface area contributed by atoms with Crippen LogP contribution in [-0.4, -0.2) is 24.4 Å². The van der Waals surface area contributed by atoms with E-state index in [1.807, 2.05) is 31.4 Å². The monoisotopic (exact) mass is 423 g/mol. The fraction of sp³-hybridized carbons (Fsp3) is 0.429. The summed E-state index contributed by atoms with van der Waals surface area (Å²) in [5.74, 6) is -0.527. The van der Waals surface area contributed by atoms with Gasteiger partial charge in [-0.2, -0.15) is 0 Å². The summed E-state index contributed by atoms with van der Waals surface area (Å²) in [6.45, 7) is 5.82. The van der Waals surface area contributed by atoms with Crippen LogP contribution in [0, 0.1) is 5.92 Å². The minimum absolute atomic E-state index is 0. The minimum atomic E-state index is -0.614. The fourth-order valence-electron chi connectivity index (χ4n) is 2.74. The van der Waals surface area contributed by atoms with E-state index in [1.54, 1.807) is 11.3 Å². The molecule has 0 aliphatic carbocycles. The predicted molar refractivity (Wildman–Crippen MR) is 118 cm³/mol. The normalized spacial score (nSPS) is 12.8. The van der Waals surface area contributed by atoms with Crippen molar-refractivity contribution in [1.82, 2.24) is 10.6 Å². The van der Waals surface area contributed by atoms with Crippen LogP contribution in [0.25, 0.3) is 0 Å². The summed E-state index contributed by atoms with van der Waals surface area (Å²) in [7, 11) is 0. The Morgan fingerprint density at radius 3 is 2.36 bits per heavy atom. The number of hydrogen-bond acceptors (Lipinski definition) is 4. The van der Waals surface area contributed by atoms with E-state index in [9.17, 15) is 9.59 Å². The van der Waals surface area contributed by atoms with Gasteiger partial charge in [-0.3, -0.25) is 9.59 Å². The lowest BCUT2D eigenvalue weighted by molar-refractivity contribution is -0.127. The Kier molecular flexibility index (Phi) is 10.2. The van der Waals surface area contributed by atoms with E-state index >= 15 is 0 Å². The molecule has 154 valence electrons. The van der Waals surface area contributed by atoms with Crippen LogP contribution < -0.4 is 16.4 Å². The zero-order chi connectivity index (χ0) is 19.8. The number of benzene rings is 1. The second kappa shape index (κ2) is 11.8. The largest absolute Gasteiger partial charge is 0.346 e. The molecule has 7 heteroatoms. The molecule has 0 bridgehead atoms. The first-order valence-electron chi connectivity index (χ1n) is 9.37. The van der Waals surface area contributed by atoms with Gasteiger partial charge in [-0.05, 0) is 34.9 Å². The molecule has 2 rings (SSSR count). The van der Waals surface area contributed by atoms with Crippen molar-refractivity contribution in [1.29, 1.82) is 0 Å². The third-order valence-corrected chi connectivity index (χ3v) is 5.37. The van der Waals surface area contributed by atoms with Crippen LogP contribution in [0.2, 0.25) is 0 Å². The average Bonchev–Trinajstić information content (AvgIpc) is 3.19. The molecular weight excluding hydrogens is 394 g/mol. The van der Waals surface area contributed by atoms with Gasteiger partial charge in [0.25, 0.3) is 0 Å². The maximum atomic E-state index is 12.4. The quantitative estimate of drug-likeness (QED) is 0.577. The van der Waals surface area contributed by atoms with Gasteiger partial charge in [-0.25, -0.2) is 0 Å². The average molecular weight is 424 g/mol. The Bertz CT molecular complexity index is 733. The SMILES string of the molecule is CCCc1ccc(C(NC(=O)CNC(=O)[C@@H](N)C(C)C)c2cccs2)cc1.Cl. The number of nitrogens with one attached hydrogen (secondary N) is 2. The lowest BCUT2D eigenvalue weighted by Gasteiger charge is -2.20. The van der Waals surface area contributed by atoms with Crippen LogP contribution in [0.15, 0.2) is 41.8 Å². The molecule has 0 saturated heterocycles. The van der Waals surface area contributed by atoms with Crippen molar-refractivity contribution in [3.63, 3.8) is 0 Å². The highest BCUT2D eigenvalue weighted by atomic mass is 35.5. The second-order valence-electron chi connectivity index (χ2n) is 7.00. The number of halogens is 1. The summed E-state index contributed by atoms with van der Waals surface area (Å²) in [4.78, 5) is 25.4. The molecular formula is C21H30ClN3O2S. The molecule has 4 N–H and O–H groups in total. The van der Waals surface area contributed by atoms with Crippen LogP contribution >= 0.6 is 23.7 Å². The third-order valence-electron chi connectivity index (χ3n) is 4.43. The highest BCUT2D eigenvalue weighted by Crippen LogP contribution is 2.26. The number of hydrogen-bond donors (Lipinski definition) is 3. The molecule has 1 heterocycles. The van der Waals surface area contributed by atoms with Crippen molar-refractivity contribution in [2.45, 2.75) is 45.7 Å². The Morgan fingerprint density at radius 2 is 1.82 bits per heavy atom. The number of aryl methyl sites for hydroxylation is 1. The van der Waals surface area contributed by atoms with Gasteiger partial charge in [-0.15, -0.1) is 23.7 Å². The van der Waals surface area contributed by atoms with Crippen molar-refractivity contribution < 1.29 is 9.59 Å². The number of carbonyl (C=O) groups excluding carboxylic acids is 2. The van der Waals surface area contributed by atoms with Gasteiger partial charge in [0.1, 0.15) is 0 Å². The Labute approximate surface area is 177 Å². The van der Waals surface area contributed by atoms with E-state index in [1.165, 1.54) is 5.56 Å². The molecule has 0 radical (unpaired) electrons. The number of nitrogens with two attached hydrogens (primary N) is 1. The first-order chi connectivity index (χ1) is 12.9. The van der Waals surface area contributed by atoms with Crippen LogP contribution in [-0.2, 0) is 16.0 Å². The Morgan fingerprint density at radius 1 is 1.14 bits per heavy atom. The van der Waals surface area contributed by atoms with E-state index in [-0.39, 0.29) is 42.7 Å². The number of amides is 2. The van der Waals surface area contributed by atoms with Gasteiger partial charge in [-0.1, -0.05) is 57.5 Å². The Balaban J connectivity index is 0.00000392. The zero-order valence-corrected chi connectivity index (χ0v) is 18.2. The first kappa shape index (κ1) is 24.1. The van der Waals surface area contributed by atoms with Crippen LogP contribution in [0.3, 0.4) is 0 Å². The van der Waals surface area contributed by atoms with Gasteiger partial charge in [0, 0.05) is 4.88 Å². The second-order valence-corrected chi connectivity index (χ2v) is 7.97. The highest BCUT2D eigenvalue weighted by molar-refractivity contribution is 7.10. The lowest BCUT2D eigenvalue weighted by Crippen LogP contribution is -2.47. The molecule has 5 nitrogen and oxygen atoms in total. The van der Waals surface area contributed by atoms with Crippen LogP contribution in [0.4, 0.5) is 0 Å². The maximum Gasteiger partial charge on any atom is 0.240 e. The fourth-order valence-corrected chi connectivity index (χ4v) is 3.54. The molecule has 0 aliphatic heterocycles. The van der Waals surface area contributed by atoms with Crippen molar-refractivity contribution in [2.75, 3.05) is 6.54 Å². The summed E-state index contributed by atoms with van der Waals surface area (Å²) in [5, 5.41) is 7.64. The predicted octanol–water partition coefficient (Wildman–Crippen LogP) is 3.43. The number of thiophene rings is 1. The molecule has 1 aromatic carbocycles. The van der Waals surface area contributed by atoms with Gasteiger partial charge in [0.2, 0.25) is 11.8 Å². The van der Waals surface area contributed by atoms with Gasteiger partial charge >= 0.3 is 0 Å². The van der Waals surface area contributed by atoms with E-state index < -0.39 is 6.04 Å². The van der Waals surface area contributed by atoms with Crippen molar-refractivity contribution in [3.05, 3.63) is 57.8 Å². The van der Waals surface area contributed by atoms with Gasteiger partial charge in [0.05, 0.1) is 18.6 Å². The van der Waals surface area contributed by atoms with Crippen LogP contribution in [0.5, 0.6) is 0 Å². The first-order valence-corrected chi connectivity index (χ1v) is 10.2. The standard InChI is InChI=1S/C21H29N3O2S.ClH/c1-4-6-15-8-10-16(11-9-15)20(17-7-5-12-27-17)24-18(25)13-23-21(26)19(22)14(2)3;/h5,7-12,14,19-20H,4,6,13,22H2,1-3H3,(H,23,26)(H,24,25);1H/t19-,20?;/m0./s1. The molecule has 2 atom stereocenters. The smallest absolute Gasteiger partial charge is 0.240 e. The molecule has 2 amide bonds. The van der Waals surface area contributed by atoms with E-state index in [4.69, 9.17) is 5.73 Å². The highest BCUT2D eigenvalue weighted by Gasteiger charge is 2.20. The molecule has 0 aliphatic rings. The molecule has 2 aromatic rings. The van der Waals surface area contributed by atoms with Gasteiger partial charge < -0.3 is 16.4 Å². The molecule has 0 saturated carbocycles. The Hall–Kier alpha value is -1.89. The van der Waals surface area contributed by atoms with Crippen molar-refractivity contribution >= 4 is 35.6 Å². The summed E-state index contributed by atoms with van der Waals surface area (Å²) >= 11 is 1.59. The van der Waals surface area contributed by atoms with Crippen LogP contribution in [0.1, 0.15) is 49.2 Å². The summed E-state index contributed by atoms with van der Waals surface area (Å²) in [5.41, 5.74) is 8.12. The maximum absolute atomic E-state index is 12.4. The molecule has 28 heavy (non-hydrogen) atoms. The van der Waals surface area contributed by atoms with E-state index in [0.29, 0.717) is 0 Å². The minimum Gasteiger partial charge on any atom is -0.346 e. The number of rotatable bonds is 9. The lowest BCUT2D eigenvalue weighted by atomic mass is 10.0.